The van der Waals surface area contributed by atoms with Crippen LogP contribution in [0.2, 0.25) is 0 Å². The van der Waals surface area contributed by atoms with Gasteiger partial charge in [-0.25, -0.2) is 0 Å². The highest BCUT2D eigenvalue weighted by molar-refractivity contribution is 5.43. The Balaban J connectivity index is 1.83. The molecule has 1 atom stereocenters. The number of ether oxygens (including phenoxy) is 2. The minimum absolute atomic E-state index is 0.141. The smallest absolute Gasteiger partial charge is 0.121 e. The predicted octanol–water partition coefficient (Wildman–Crippen LogP) is 1.76. The quantitative estimate of drug-likeness (QED) is 0.827. The van der Waals surface area contributed by atoms with Gasteiger partial charge in [0.1, 0.15) is 18.5 Å². The molecule has 0 amide bonds. The molecule has 0 spiro atoms. The van der Waals surface area contributed by atoms with Crippen molar-refractivity contribution in [2.75, 3.05) is 32.0 Å². The molecule has 1 heterocycles. The van der Waals surface area contributed by atoms with Crippen molar-refractivity contribution in [1.82, 2.24) is 4.90 Å². The zero-order valence-corrected chi connectivity index (χ0v) is 11.1. The van der Waals surface area contributed by atoms with Crippen LogP contribution in [0.3, 0.4) is 0 Å². The average Bonchev–Trinajstić information content (AvgIpc) is 2.37. The summed E-state index contributed by atoms with van der Waals surface area (Å²) in [6.07, 6.45) is 0.141. The molecule has 4 heteroatoms. The molecule has 0 bridgehead atoms. The summed E-state index contributed by atoms with van der Waals surface area (Å²) < 4.78 is 11.4. The Labute approximate surface area is 109 Å². The summed E-state index contributed by atoms with van der Waals surface area (Å²) in [7, 11) is 0. The lowest BCUT2D eigenvalue weighted by Crippen LogP contribution is -2.47. The van der Waals surface area contributed by atoms with Gasteiger partial charge in [0.25, 0.3) is 0 Å². The number of nitrogens with two attached hydrogens (primary N) is 1. The van der Waals surface area contributed by atoms with Gasteiger partial charge in [0.15, 0.2) is 0 Å². The van der Waals surface area contributed by atoms with Crippen LogP contribution in [-0.2, 0) is 4.74 Å². The van der Waals surface area contributed by atoms with E-state index in [4.69, 9.17) is 15.2 Å². The second kappa shape index (κ2) is 6.07. The van der Waals surface area contributed by atoms with E-state index in [1.807, 2.05) is 24.3 Å². The number of morpholine rings is 1. The Morgan fingerprint density at radius 2 is 2.33 bits per heavy atom. The van der Waals surface area contributed by atoms with Crippen molar-refractivity contribution in [3.8, 4) is 5.75 Å². The molecule has 0 saturated carbocycles. The zero-order chi connectivity index (χ0) is 13.0. The van der Waals surface area contributed by atoms with Crippen LogP contribution >= 0.6 is 0 Å². The van der Waals surface area contributed by atoms with E-state index in [1.165, 1.54) is 0 Å². The molecule has 4 nitrogen and oxygen atoms in total. The number of nitrogen functional groups attached to an aromatic ring is 1. The number of benzene rings is 1. The van der Waals surface area contributed by atoms with Crippen LogP contribution in [0.5, 0.6) is 5.75 Å². The van der Waals surface area contributed by atoms with Gasteiger partial charge < -0.3 is 15.2 Å². The molecule has 2 N–H and O–H groups in total. The molecule has 1 aromatic rings. The van der Waals surface area contributed by atoms with Gasteiger partial charge in [0, 0.05) is 30.9 Å². The lowest BCUT2D eigenvalue weighted by atomic mass is 10.2. The Morgan fingerprint density at radius 3 is 3.06 bits per heavy atom. The van der Waals surface area contributed by atoms with Crippen LogP contribution in [0, 0.1) is 0 Å². The fraction of sp³-hybridized carbons (Fsp3) is 0.571. The van der Waals surface area contributed by atoms with E-state index in [2.05, 4.69) is 18.7 Å². The summed E-state index contributed by atoms with van der Waals surface area (Å²) in [5.41, 5.74) is 6.43. The first-order valence-corrected chi connectivity index (χ1v) is 6.49. The largest absolute Gasteiger partial charge is 0.491 e. The fourth-order valence-corrected chi connectivity index (χ4v) is 2.11. The number of hydrogen-bond acceptors (Lipinski definition) is 4. The van der Waals surface area contributed by atoms with Gasteiger partial charge in [-0.05, 0) is 26.0 Å². The average molecular weight is 250 g/mol. The Morgan fingerprint density at radius 1 is 1.50 bits per heavy atom. The minimum Gasteiger partial charge on any atom is -0.491 e. The third kappa shape index (κ3) is 3.62. The van der Waals surface area contributed by atoms with Gasteiger partial charge >= 0.3 is 0 Å². The van der Waals surface area contributed by atoms with E-state index >= 15 is 0 Å². The molecule has 1 unspecified atom stereocenters. The van der Waals surface area contributed by atoms with Gasteiger partial charge in [-0.1, -0.05) is 6.07 Å². The molecule has 1 aromatic carbocycles. The number of nitrogens with zero attached hydrogens (tertiary/aromatic N) is 1. The highest BCUT2D eigenvalue weighted by Gasteiger charge is 2.22. The summed E-state index contributed by atoms with van der Waals surface area (Å²) >= 11 is 0. The van der Waals surface area contributed by atoms with E-state index < -0.39 is 0 Å². The Hall–Kier alpha value is -1.26. The first kappa shape index (κ1) is 13.2. The Kier molecular flexibility index (Phi) is 4.44. The first-order valence-electron chi connectivity index (χ1n) is 6.49. The van der Waals surface area contributed by atoms with Gasteiger partial charge in [-0.3, -0.25) is 4.90 Å². The summed E-state index contributed by atoms with van der Waals surface area (Å²) in [6, 6.07) is 8.06. The SMILES string of the molecule is CC(C)N1CCOC(COc2cccc(N)c2)C1. The van der Waals surface area contributed by atoms with Crippen LogP contribution in [0.25, 0.3) is 0 Å². The van der Waals surface area contributed by atoms with Crippen molar-refractivity contribution in [3.63, 3.8) is 0 Å². The molecule has 1 fully saturated rings. The van der Waals surface area contributed by atoms with Crippen LogP contribution in [-0.4, -0.2) is 43.3 Å². The predicted molar refractivity (Wildman–Crippen MR) is 72.8 cm³/mol. The highest BCUT2D eigenvalue weighted by atomic mass is 16.5. The summed E-state index contributed by atoms with van der Waals surface area (Å²) in [5, 5.41) is 0. The van der Waals surface area contributed by atoms with Crippen molar-refractivity contribution < 1.29 is 9.47 Å². The molecule has 0 aromatic heterocycles. The topological polar surface area (TPSA) is 47.7 Å². The van der Waals surface area contributed by atoms with Crippen LogP contribution < -0.4 is 10.5 Å². The van der Waals surface area contributed by atoms with Crippen molar-refractivity contribution in [1.29, 1.82) is 0 Å². The summed E-state index contributed by atoms with van der Waals surface area (Å²) in [5.74, 6) is 0.806. The lowest BCUT2D eigenvalue weighted by molar-refractivity contribution is -0.0564. The summed E-state index contributed by atoms with van der Waals surface area (Å²) in [6.45, 7) is 7.71. The fourth-order valence-electron chi connectivity index (χ4n) is 2.11. The van der Waals surface area contributed by atoms with Crippen LogP contribution in [0.15, 0.2) is 24.3 Å². The van der Waals surface area contributed by atoms with Crippen molar-refractivity contribution in [2.45, 2.75) is 26.0 Å². The molecule has 1 aliphatic rings. The zero-order valence-electron chi connectivity index (χ0n) is 11.1. The minimum atomic E-state index is 0.141. The molecule has 0 aliphatic carbocycles. The van der Waals surface area contributed by atoms with Crippen LogP contribution in [0.1, 0.15) is 13.8 Å². The van der Waals surface area contributed by atoms with E-state index in [0.29, 0.717) is 12.6 Å². The van der Waals surface area contributed by atoms with Crippen molar-refractivity contribution in [3.05, 3.63) is 24.3 Å². The molecule has 1 aliphatic heterocycles. The van der Waals surface area contributed by atoms with Gasteiger partial charge in [0.2, 0.25) is 0 Å². The van der Waals surface area contributed by atoms with Crippen molar-refractivity contribution >= 4 is 5.69 Å². The number of anilines is 1. The second-order valence-corrected chi connectivity index (χ2v) is 4.96. The van der Waals surface area contributed by atoms with Crippen LogP contribution in [0.4, 0.5) is 5.69 Å². The van der Waals surface area contributed by atoms with Gasteiger partial charge in [-0.2, -0.15) is 0 Å². The molecule has 1 saturated heterocycles. The molecule has 18 heavy (non-hydrogen) atoms. The van der Waals surface area contributed by atoms with Gasteiger partial charge in [0.05, 0.1) is 6.61 Å². The molecular weight excluding hydrogens is 228 g/mol. The maximum absolute atomic E-state index is 5.72. The standard InChI is InChI=1S/C14H22N2O2/c1-11(2)16-6-7-17-14(9-16)10-18-13-5-3-4-12(15)8-13/h3-5,8,11,14H,6-7,9-10,15H2,1-2H3. The highest BCUT2D eigenvalue weighted by Crippen LogP contribution is 2.16. The maximum Gasteiger partial charge on any atom is 0.121 e. The van der Waals surface area contributed by atoms with Crippen molar-refractivity contribution in [2.24, 2.45) is 0 Å². The van der Waals surface area contributed by atoms with E-state index in [-0.39, 0.29) is 6.10 Å². The third-order valence-electron chi connectivity index (χ3n) is 3.19. The number of hydrogen-bond donors (Lipinski definition) is 1. The number of rotatable bonds is 4. The lowest BCUT2D eigenvalue weighted by Gasteiger charge is -2.35. The summed E-state index contributed by atoms with van der Waals surface area (Å²) in [4.78, 5) is 2.41. The van der Waals surface area contributed by atoms with Gasteiger partial charge in [-0.15, -0.1) is 0 Å². The van der Waals surface area contributed by atoms with E-state index in [0.717, 1.165) is 31.1 Å². The molecule has 2 rings (SSSR count). The molecule has 100 valence electrons. The van der Waals surface area contributed by atoms with E-state index in [1.54, 1.807) is 0 Å². The first-order chi connectivity index (χ1) is 8.65. The Bertz CT molecular complexity index is 382. The molecular formula is C14H22N2O2. The normalized spacial score (nSPS) is 21.2. The molecule has 0 radical (unpaired) electrons. The second-order valence-electron chi connectivity index (χ2n) is 4.96. The van der Waals surface area contributed by atoms with E-state index in [9.17, 15) is 0 Å². The third-order valence-corrected chi connectivity index (χ3v) is 3.19. The maximum atomic E-state index is 5.72. The monoisotopic (exact) mass is 250 g/mol.